The second-order valence-corrected chi connectivity index (χ2v) is 3.66. The van der Waals surface area contributed by atoms with Crippen molar-refractivity contribution in [1.29, 1.82) is 5.26 Å². The molecule has 1 aromatic heterocycles. The van der Waals surface area contributed by atoms with Crippen LogP contribution in [-0.2, 0) is 6.42 Å². The summed E-state index contributed by atoms with van der Waals surface area (Å²) in [5.74, 6) is 0.734. The molecule has 0 saturated carbocycles. The van der Waals surface area contributed by atoms with Crippen molar-refractivity contribution in [3.05, 3.63) is 59.9 Å². The molecule has 0 N–H and O–H groups in total. The summed E-state index contributed by atoms with van der Waals surface area (Å²) in [6.45, 7) is 0. The van der Waals surface area contributed by atoms with Gasteiger partial charge in [-0.1, -0.05) is 30.3 Å². The average Bonchev–Trinajstić information content (AvgIpc) is 2.40. The maximum atomic E-state index is 9.07. The van der Waals surface area contributed by atoms with Crippen LogP contribution in [0.1, 0.15) is 11.3 Å². The van der Waals surface area contributed by atoms with Crippen molar-refractivity contribution in [2.24, 2.45) is 0 Å². The SMILES string of the molecule is COc1ccc[n+](C#N)c1Cc1ccccc1. The first-order valence-corrected chi connectivity index (χ1v) is 5.36. The molecular weight excluding hydrogens is 212 g/mol. The number of aromatic nitrogens is 1. The number of nitrogens with zero attached hydrogens (tertiary/aromatic N) is 2. The van der Waals surface area contributed by atoms with Gasteiger partial charge in [-0.3, -0.25) is 0 Å². The Hall–Kier alpha value is -2.34. The normalized spacial score (nSPS) is 9.65. The van der Waals surface area contributed by atoms with Crippen molar-refractivity contribution < 1.29 is 9.30 Å². The minimum absolute atomic E-state index is 0.679. The first-order valence-electron chi connectivity index (χ1n) is 5.36. The summed E-state index contributed by atoms with van der Waals surface area (Å²) >= 11 is 0. The van der Waals surface area contributed by atoms with Crippen LogP contribution >= 0.6 is 0 Å². The Morgan fingerprint density at radius 3 is 2.59 bits per heavy atom. The molecule has 2 rings (SSSR count). The van der Waals surface area contributed by atoms with Gasteiger partial charge in [0.2, 0.25) is 0 Å². The molecule has 0 bridgehead atoms. The van der Waals surface area contributed by atoms with Crippen molar-refractivity contribution in [3.8, 4) is 11.9 Å². The summed E-state index contributed by atoms with van der Waals surface area (Å²) in [4.78, 5) is 0. The summed E-state index contributed by atoms with van der Waals surface area (Å²) in [6, 6.07) is 13.7. The van der Waals surface area contributed by atoms with Crippen LogP contribution < -0.4 is 9.30 Å². The van der Waals surface area contributed by atoms with Gasteiger partial charge >= 0.3 is 6.19 Å². The third-order valence-electron chi connectivity index (χ3n) is 2.60. The molecule has 17 heavy (non-hydrogen) atoms. The number of benzene rings is 1. The van der Waals surface area contributed by atoms with E-state index in [4.69, 9.17) is 10.00 Å². The zero-order valence-electron chi connectivity index (χ0n) is 9.63. The van der Waals surface area contributed by atoms with Crippen molar-refractivity contribution in [2.75, 3.05) is 7.11 Å². The van der Waals surface area contributed by atoms with Crippen molar-refractivity contribution >= 4 is 0 Å². The molecule has 0 spiro atoms. The Bertz CT molecular complexity index is 544. The minimum Gasteiger partial charge on any atom is -0.493 e. The molecule has 0 aliphatic rings. The lowest BCUT2D eigenvalue weighted by Gasteiger charge is -2.06. The second-order valence-electron chi connectivity index (χ2n) is 3.66. The molecule has 0 amide bonds. The van der Waals surface area contributed by atoms with E-state index in [1.165, 1.54) is 4.57 Å². The lowest BCUT2D eigenvalue weighted by Crippen LogP contribution is -2.33. The highest BCUT2D eigenvalue weighted by Gasteiger charge is 2.13. The van der Waals surface area contributed by atoms with Crippen LogP contribution in [0, 0.1) is 11.5 Å². The summed E-state index contributed by atoms with van der Waals surface area (Å²) in [6.07, 6.45) is 4.54. The number of rotatable bonds is 3. The first-order chi connectivity index (χ1) is 8.35. The van der Waals surface area contributed by atoms with E-state index in [-0.39, 0.29) is 0 Å². The molecule has 3 heteroatoms. The predicted molar refractivity (Wildman–Crippen MR) is 63.4 cm³/mol. The highest BCUT2D eigenvalue weighted by Crippen LogP contribution is 2.17. The van der Waals surface area contributed by atoms with Crippen molar-refractivity contribution in [2.45, 2.75) is 6.42 Å². The molecule has 0 saturated heterocycles. The van der Waals surface area contributed by atoms with Gasteiger partial charge in [-0.15, -0.1) is 4.57 Å². The summed E-state index contributed by atoms with van der Waals surface area (Å²) in [5.41, 5.74) is 2.02. The monoisotopic (exact) mass is 225 g/mol. The van der Waals surface area contributed by atoms with Gasteiger partial charge in [0.25, 0.3) is 0 Å². The van der Waals surface area contributed by atoms with Crippen LogP contribution in [0.25, 0.3) is 0 Å². The van der Waals surface area contributed by atoms with Crippen LogP contribution in [0.5, 0.6) is 5.75 Å². The molecule has 0 radical (unpaired) electrons. The molecule has 0 aliphatic heterocycles. The summed E-state index contributed by atoms with van der Waals surface area (Å²) in [5, 5.41) is 9.07. The largest absolute Gasteiger partial charge is 0.493 e. The predicted octanol–water partition coefficient (Wildman–Crippen LogP) is 1.90. The van der Waals surface area contributed by atoms with E-state index in [0.717, 1.165) is 17.0 Å². The molecule has 84 valence electrons. The zero-order chi connectivity index (χ0) is 12.1. The number of nitriles is 1. The van der Waals surface area contributed by atoms with E-state index in [1.54, 1.807) is 19.4 Å². The second kappa shape index (κ2) is 5.13. The first kappa shape index (κ1) is 11.2. The lowest BCUT2D eigenvalue weighted by atomic mass is 10.1. The van der Waals surface area contributed by atoms with E-state index in [1.807, 2.05) is 36.4 Å². The Labute approximate surface area is 101 Å². The topological polar surface area (TPSA) is 36.9 Å². The minimum atomic E-state index is 0.679. The molecule has 3 nitrogen and oxygen atoms in total. The van der Waals surface area contributed by atoms with Gasteiger partial charge in [-0.05, 0) is 17.7 Å². The van der Waals surface area contributed by atoms with Gasteiger partial charge in [0.1, 0.15) is 6.20 Å². The Kier molecular flexibility index (Phi) is 3.37. The maximum Gasteiger partial charge on any atom is 0.464 e. The fourth-order valence-electron chi connectivity index (χ4n) is 1.76. The fraction of sp³-hybridized carbons (Fsp3) is 0.143. The van der Waals surface area contributed by atoms with Crippen LogP contribution in [0.4, 0.5) is 0 Å². The number of pyridine rings is 1. The fourth-order valence-corrected chi connectivity index (χ4v) is 1.76. The van der Waals surface area contributed by atoms with Crippen LogP contribution in [0.2, 0.25) is 0 Å². The molecule has 1 heterocycles. The molecule has 0 atom stereocenters. The van der Waals surface area contributed by atoms with Gasteiger partial charge in [0, 0.05) is 6.42 Å². The van der Waals surface area contributed by atoms with Crippen LogP contribution in [0.15, 0.2) is 48.7 Å². The molecule has 1 aromatic carbocycles. The smallest absolute Gasteiger partial charge is 0.464 e. The molecule has 0 fully saturated rings. The molecule has 0 unspecified atom stereocenters. The highest BCUT2D eigenvalue weighted by molar-refractivity contribution is 5.29. The third-order valence-corrected chi connectivity index (χ3v) is 2.60. The maximum absolute atomic E-state index is 9.07. The lowest BCUT2D eigenvalue weighted by molar-refractivity contribution is -0.595. The van der Waals surface area contributed by atoms with E-state index in [9.17, 15) is 0 Å². The number of methoxy groups -OCH3 is 1. The standard InChI is InChI=1S/C14H13N2O/c1-17-14-8-5-9-16(11-15)13(14)10-12-6-3-2-4-7-12/h2-9H,10H2,1H3/q+1. The van der Waals surface area contributed by atoms with E-state index >= 15 is 0 Å². The van der Waals surface area contributed by atoms with Crippen molar-refractivity contribution in [1.82, 2.24) is 0 Å². The quantitative estimate of drug-likeness (QED) is 0.748. The number of hydrogen-bond donors (Lipinski definition) is 0. The van der Waals surface area contributed by atoms with Crippen molar-refractivity contribution in [3.63, 3.8) is 0 Å². The van der Waals surface area contributed by atoms with Gasteiger partial charge < -0.3 is 4.74 Å². The van der Waals surface area contributed by atoms with Gasteiger partial charge in [-0.25, -0.2) is 0 Å². The summed E-state index contributed by atoms with van der Waals surface area (Å²) in [7, 11) is 1.62. The highest BCUT2D eigenvalue weighted by atomic mass is 16.5. The van der Waals surface area contributed by atoms with E-state index in [2.05, 4.69) is 6.19 Å². The Morgan fingerprint density at radius 1 is 1.18 bits per heavy atom. The third kappa shape index (κ3) is 2.43. The van der Waals surface area contributed by atoms with Crippen LogP contribution in [0.3, 0.4) is 0 Å². The van der Waals surface area contributed by atoms with Crippen LogP contribution in [-0.4, -0.2) is 7.11 Å². The van der Waals surface area contributed by atoms with E-state index in [0.29, 0.717) is 6.42 Å². The van der Waals surface area contributed by atoms with E-state index < -0.39 is 0 Å². The Balaban J connectivity index is 2.41. The summed E-state index contributed by atoms with van der Waals surface area (Å²) < 4.78 is 6.82. The molecule has 0 aliphatic carbocycles. The zero-order valence-corrected chi connectivity index (χ0v) is 9.63. The molecule has 2 aromatic rings. The molecular formula is C14H13N2O+. The van der Waals surface area contributed by atoms with Gasteiger partial charge in [-0.2, -0.15) is 0 Å². The number of hydrogen-bond acceptors (Lipinski definition) is 2. The average molecular weight is 225 g/mol. The number of ether oxygens (including phenoxy) is 1. The van der Waals surface area contributed by atoms with Gasteiger partial charge in [0.15, 0.2) is 16.7 Å². The van der Waals surface area contributed by atoms with Gasteiger partial charge in [0.05, 0.1) is 7.11 Å². The Morgan fingerprint density at radius 2 is 1.94 bits per heavy atom.